The van der Waals surface area contributed by atoms with Gasteiger partial charge in [0.05, 0.1) is 21.4 Å². The summed E-state index contributed by atoms with van der Waals surface area (Å²) in [5.41, 5.74) is 9.70. The normalized spacial score (nSPS) is 13.2. The van der Waals surface area contributed by atoms with Gasteiger partial charge in [0.1, 0.15) is 0 Å². The Hall–Kier alpha value is -5.38. The van der Waals surface area contributed by atoms with Crippen LogP contribution in [0, 0.1) is 0 Å². The van der Waals surface area contributed by atoms with Crippen LogP contribution in [0.1, 0.15) is 12.8 Å². The van der Waals surface area contributed by atoms with Crippen molar-refractivity contribution in [3.05, 3.63) is 163 Å². The van der Waals surface area contributed by atoms with Crippen molar-refractivity contribution >= 4 is 64.7 Å². The predicted molar refractivity (Wildman–Crippen MR) is 194 cm³/mol. The van der Waals surface area contributed by atoms with E-state index < -0.39 is 0 Å². The summed E-state index contributed by atoms with van der Waals surface area (Å²) in [6.45, 7) is 0. The molecule has 2 nitrogen and oxygen atoms in total. The van der Waals surface area contributed by atoms with Gasteiger partial charge in [-0.2, -0.15) is 0 Å². The number of hydrogen-bond acceptors (Lipinski definition) is 2. The maximum absolute atomic E-state index is 2.44. The van der Waals surface area contributed by atoms with Crippen molar-refractivity contribution in [1.29, 1.82) is 0 Å². The van der Waals surface area contributed by atoms with Gasteiger partial charge in [-0.25, -0.2) is 0 Å². The number of allylic oxidation sites excluding steroid dienone is 3. The smallest absolute Gasteiger partial charge is 0.0640 e. The molecule has 9 rings (SSSR count). The van der Waals surface area contributed by atoms with E-state index in [1.807, 2.05) is 11.3 Å². The van der Waals surface area contributed by atoms with E-state index in [4.69, 9.17) is 0 Å². The zero-order valence-corrected chi connectivity index (χ0v) is 25.5. The lowest BCUT2D eigenvalue weighted by molar-refractivity contribution is 0.998. The Bertz CT molecular complexity index is 2420. The van der Waals surface area contributed by atoms with Gasteiger partial charge in [-0.05, 0) is 84.6 Å². The van der Waals surface area contributed by atoms with Crippen molar-refractivity contribution < 1.29 is 0 Å². The number of benzene rings is 6. The first kappa shape index (κ1) is 26.1. The van der Waals surface area contributed by atoms with Crippen molar-refractivity contribution in [1.82, 2.24) is 4.57 Å². The Balaban J connectivity index is 1.16. The van der Waals surface area contributed by atoms with Gasteiger partial charge < -0.3 is 9.47 Å². The summed E-state index contributed by atoms with van der Waals surface area (Å²) < 4.78 is 5.02. The van der Waals surface area contributed by atoms with Crippen LogP contribution in [0.2, 0.25) is 0 Å². The molecular weight excluding hydrogens is 565 g/mol. The molecule has 2 heterocycles. The largest absolute Gasteiger partial charge is 0.309 e. The van der Waals surface area contributed by atoms with Crippen LogP contribution in [0.5, 0.6) is 0 Å². The zero-order chi connectivity index (χ0) is 29.7. The number of aromatic nitrogens is 1. The fraction of sp³-hybridized carbons (Fsp3) is 0.0476. The van der Waals surface area contributed by atoms with Gasteiger partial charge in [0, 0.05) is 43.3 Å². The average molecular weight is 595 g/mol. The molecule has 0 radical (unpaired) electrons. The monoisotopic (exact) mass is 594 g/mol. The molecule has 6 aromatic carbocycles. The third-order valence-electron chi connectivity index (χ3n) is 9.00. The molecule has 0 saturated heterocycles. The molecule has 0 unspecified atom stereocenters. The molecule has 0 amide bonds. The molecule has 0 spiro atoms. The molecule has 1 aliphatic carbocycles. The van der Waals surface area contributed by atoms with Crippen molar-refractivity contribution in [3.8, 4) is 16.8 Å². The third-order valence-corrected chi connectivity index (χ3v) is 10.2. The standard InChI is InChI=1S/C42H30N2S/c1-3-12-31(13-4-1)43(40-20-11-18-36-35-17-8-10-21-41(35)45-42(36)40)33-25-22-29(23-26-33)30-24-27-39-37(28-30)34-16-7-9-19-38(34)44(39)32-14-5-2-6-15-32/h2-3,5-28H,1,4H2. The Morgan fingerprint density at radius 3 is 2.13 bits per heavy atom. The van der Waals surface area contributed by atoms with E-state index in [9.17, 15) is 0 Å². The van der Waals surface area contributed by atoms with Crippen LogP contribution in [0.15, 0.2) is 163 Å². The summed E-state index contributed by atoms with van der Waals surface area (Å²) in [6.07, 6.45) is 9.09. The van der Waals surface area contributed by atoms with Crippen molar-refractivity contribution in [3.63, 3.8) is 0 Å². The molecule has 0 atom stereocenters. The summed E-state index contributed by atoms with van der Waals surface area (Å²) in [5.74, 6) is 0. The fourth-order valence-corrected chi connectivity index (χ4v) is 8.12. The lowest BCUT2D eigenvalue weighted by Crippen LogP contribution is -2.16. The maximum atomic E-state index is 2.44. The van der Waals surface area contributed by atoms with Gasteiger partial charge >= 0.3 is 0 Å². The van der Waals surface area contributed by atoms with Gasteiger partial charge in [0.2, 0.25) is 0 Å². The number of fused-ring (bicyclic) bond motifs is 6. The number of anilines is 2. The molecule has 45 heavy (non-hydrogen) atoms. The fourth-order valence-electron chi connectivity index (χ4n) is 6.91. The van der Waals surface area contributed by atoms with E-state index in [0.717, 1.165) is 12.8 Å². The van der Waals surface area contributed by atoms with E-state index in [2.05, 4.69) is 167 Å². The van der Waals surface area contributed by atoms with Crippen molar-refractivity contribution in [2.24, 2.45) is 0 Å². The molecule has 1 aliphatic rings. The zero-order valence-electron chi connectivity index (χ0n) is 24.7. The second-order valence-electron chi connectivity index (χ2n) is 11.7. The maximum Gasteiger partial charge on any atom is 0.0640 e. The molecule has 214 valence electrons. The first-order chi connectivity index (χ1) is 22.3. The molecule has 0 N–H and O–H groups in total. The van der Waals surface area contributed by atoms with Crippen LogP contribution in [0.25, 0.3) is 58.8 Å². The highest BCUT2D eigenvalue weighted by Crippen LogP contribution is 2.44. The summed E-state index contributed by atoms with van der Waals surface area (Å²) in [4.78, 5) is 2.44. The molecule has 0 aliphatic heterocycles. The van der Waals surface area contributed by atoms with Gasteiger partial charge in [-0.1, -0.05) is 97.1 Å². The second kappa shape index (κ2) is 10.7. The molecule has 0 fully saturated rings. The Morgan fingerprint density at radius 2 is 1.29 bits per heavy atom. The van der Waals surface area contributed by atoms with Gasteiger partial charge in [-0.3, -0.25) is 0 Å². The summed E-state index contributed by atoms with van der Waals surface area (Å²) >= 11 is 1.88. The van der Waals surface area contributed by atoms with E-state index in [0.29, 0.717) is 0 Å². The summed E-state index contributed by atoms with van der Waals surface area (Å²) in [6, 6.07) is 50.9. The van der Waals surface area contributed by atoms with Crippen LogP contribution >= 0.6 is 11.3 Å². The van der Waals surface area contributed by atoms with Crippen molar-refractivity contribution in [2.45, 2.75) is 12.8 Å². The minimum atomic E-state index is 1.05. The summed E-state index contributed by atoms with van der Waals surface area (Å²) in [5, 5.41) is 5.19. The van der Waals surface area contributed by atoms with Crippen LogP contribution < -0.4 is 4.90 Å². The first-order valence-electron chi connectivity index (χ1n) is 15.6. The molecule has 0 saturated carbocycles. The number of para-hydroxylation sites is 2. The third kappa shape index (κ3) is 4.31. The molecule has 0 bridgehead atoms. The van der Waals surface area contributed by atoms with Crippen LogP contribution in [0.3, 0.4) is 0 Å². The van der Waals surface area contributed by atoms with E-state index in [1.165, 1.54) is 75.9 Å². The van der Waals surface area contributed by atoms with E-state index in [1.54, 1.807) is 0 Å². The highest BCUT2D eigenvalue weighted by molar-refractivity contribution is 7.26. The Kier molecular flexibility index (Phi) is 6.17. The van der Waals surface area contributed by atoms with Crippen LogP contribution in [-0.2, 0) is 0 Å². The second-order valence-corrected chi connectivity index (χ2v) is 12.7. The highest BCUT2D eigenvalue weighted by atomic mass is 32.1. The molecular formula is C42H30N2S. The summed E-state index contributed by atoms with van der Waals surface area (Å²) in [7, 11) is 0. The molecule has 8 aromatic rings. The lowest BCUT2D eigenvalue weighted by Gasteiger charge is -2.28. The predicted octanol–water partition coefficient (Wildman–Crippen LogP) is 12.2. The molecule has 3 heteroatoms. The number of thiophene rings is 1. The van der Waals surface area contributed by atoms with Gasteiger partial charge in [0.15, 0.2) is 0 Å². The molecule has 2 aromatic heterocycles. The topological polar surface area (TPSA) is 8.17 Å². The van der Waals surface area contributed by atoms with Crippen LogP contribution in [-0.4, -0.2) is 4.57 Å². The van der Waals surface area contributed by atoms with E-state index in [-0.39, 0.29) is 0 Å². The number of hydrogen-bond donors (Lipinski definition) is 0. The first-order valence-corrected chi connectivity index (χ1v) is 16.4. The van der Waals surface area contributed by atoms with Gasteiger partial charge in [-0.15, -0.1) is 11.3 Å². The Morgan fingerprint density at radius 1 is 0.556 bits per heavy atom. The van der Waals surface area contributed by atoms with Gasteiger partial charge in [0.25, 0.3) is 0 Å². The highest BCUT2D eigenvalue weighted by Gasteiger charge is 2.19. The number of rotatable bonds is 5. The lowest BCUT2D eigenvalue weighted by atomic mass is 10.0. The average Bonchev–Trinajstić information content (AvgIpc) is 3.66. The Labute approximate surface area is 266 Å². The minimum absolute atomic E-state index is 1.05. The van der Waals surface area contributed by atoms with E-state index >= 15 is 0 Å². The van der Waals surface area contributed by atoms with Crippen molar-refractivity contribution in [2.75, 3.05) is 4.90 Å². The SMILES string of the molecule is C1=CC(N(c2ccc(-c3ccc4c(c3)c3ccccc3n4-c3ccccc3)cc2)c2cccc3c2sc2ccccc23)=CCC1. The minimum Gasteiger partial charge on any atom is -0.309 e. The van der Waals surface area contributed by atoms with Crippen LogP contribution in [0.4, 0.5) is 11.4 Å². The quantitative estimate of drug-likeness (QED) is 0.192. The number of nitrogens with zero attached hydrogens (tertiary/aromatic N) is 2.